The van der Waals surface area contributed by atoms with Crippen LogP contribution >= 0.6 is 0 Å². The molecule has 2 aromatic carbocycles. The van der Waals surface area contributed by atoms with E-state index in [-0.39, 0.29) is 34.9 Å². The number of nitrogens with one attached hydrogen (secondary N) is 1. The lowest BCUT2D eigenvalue weighted by atomic mass is 10.0. The van der Waals surface area contributed by atoms with Crippen molar-refractivity contribution in [2.24, 2.45) is 0 Å². The quantitative estimate of drug-likeness (QED) is 0.362. The van der Waals surface area contributed by atoms with Crippen LogP contribution in [0.1, 0.15) is 40.7 Å². The van der Waals surface area contributed by atoms with E-state index in [1.165, 1.54) is 37.5 Å². The third-order valence-corrected chi connectivity index (χ3v) is 5.52. The van der Waals surface area contributed by atoms with Crippen LogP contribution in [0.2, 0.25) is 0 Å². The number of hydrogen-bond donors (Lipinski definition) is 2. The molecule has 34 heavy (non-hydrogen) atoms. The van der Waals surface area contributed by atoms with Gasteiger partial charge in [0.15, 0.2) is 11.5 Å². The minimum absolute atomic E-state index is 0.0914. The van der Waals surface area contributed by atoms with Crippen molar-refractivity contribution in [1.82, 2.24) is 19.7 Å². The van der Waals surface area contributed by atoms with Gasteiger partial charge in [0, 0.05) is 35.0 Å². The second-order valence-electron chi connectivity index (χ2n) is 7.91. The summed E-state index contributed by atoms with van der Waals surface area (Å²) in [4.78, 5) is 25.6. The molecule has 4 rings (SSSR count). The zero-order valence-electron chi connectivity index (χ0n) is 18.9. The standard InChI is InChI=1S/C25H23F2N5O2/c1-4-25(26,27)19-9-6-10-20(12-19)31-24(33)22-16(3)30-23(32(22)34)18-8-5-7-17(11-18)21-15(2)13-28-14-29-21/h5-14,34H,4H2,1-3H3,(H,31,33). The minimum Gasteiger partial charge on any atom is -0.426 e. The lowest BCUT2D eigenvalue weighted by Crippen LogP contribution is -2.18. The average molecular weight is 463 g/mol. The van der Waals surface area contributed by atoms with Gasteiger partial charge in [0.2, 0.25) is 0 Å². The molecular formula is C25H23F2N5O2. The molecule has 0 saturated carbocycles. The molecular weight excluding hydrogens is 440 g/mol. The number of carbonyl (C=O) groups is 1. The molecule has 0 aliphatic rings. The van der Waals surface area contributed by atoms with Gasteiger partial charge in [-0.05, 0) is 37.6 Å². The summed E-state index contributed by atoms with van der Waals surface area (Å²) >= 11 is 0. The van der Waals surface area contributed by atoms with E-state index in [0.717, 1.165) is 16.8 Å². The minimum atomic E-state index is -3.00. The van der Waals surface area contributed by atoms with E-state index in [9.17, 15) is 18.8 Å². The second-order valence-corrected chi connectivity index (χ2v) is 7.91. The fourth-order valence-electron chi connectivity index (χ4n) is 3.69. The van der Waals surface area contributed by atoms with Crippen LogP contribution in [0.3, 0.4) is 0 Å². The summed E-state index contributed by atoms with van der Waals surface area (Å²) < 4.78 is 28.8. The lowest BCUT2D eigenvalue weighted by molar-refractivity contribution is -0.00824. The van der Waals surface area contributed by atoms with Crippen molar-refractivity contribution in [3.63, 3.8) is 0 Å². The van der Waals surface area contributed by atoms with Gasteiger partial charge in [-0.1, -0.05) is 37.3 Å². The molecule has 4 aromatic rings. The molecule has 1 amide bonds. The first-order valence-electron chi connectivity index (χ1n) is 10.7. The largest absolute Gasteiger partial charge is 0.426 e. The molecule has 2 N–H and O–H groups in total. The molecule has 9 heteroatoms. The lowest BCUT2D eigenvalue weighted by Gasteiger charge is -2.15. The number of hydrogen-bond acceptors (Lipinski definition) is 5. The van der Waals surface area contributed by atoms with Gasteiger partial charge in [-0.3, -0.25) is 4.79 Å². The van der Waals surface area contributed by atoms with E-state index in [4.69, 9.17) is 0 Å². The molecule has 0 aliphatic heterocycles. The van der Waals surface area contributed by atoms with Crippen molar-refractivity contribution < 1.29 is 18.8 Å². The first-order chi connectivity index (χ1) is 16.2. The number of imidazole rings is 1. The second kappa shape index (κ2) is 9.01. The molecule has 0 saturated heterocycles. The van der Waals surface area contributed by atoms with Crippen LogP contribution in [0.4, 0.5) is 14.5 Å². The summed E-state index contributed by atoms with van der Waals surface area (Å²) in [6, 6.07) is 12.7. The first-order valence-corrected chi connectivity index (χ1v) is 10.7. The van der Waals surface area contributed by atoms with E-state index in [1.54, 1.807) is 25.3 Å². The molecule has 0 bridgehead atoms. The maximum atomic E-state index is 14.1. The number of benzene rings is 2. The van der Waals surface area contributed by atoms with Crippen LogP contribution in [-0.2, 0) is 5.92 Å². The van der Waals surface area contributed by atoms with Crippen molar-refractivity contribution in [3.8, 4) is 22.6 Å². The third-order valence-electron chi connectivity index (χ3n) is 5.52. The van der Waals surface area contributed by atoms with Crippen LogP contribution in [0, 0.1) is 13.8 Å². The predicted octanol–water partition coefficient (Wildman–Crippen LogP) is 5.62. The molecule has 0 radical (unpaired) electrons. The van der Waals surface area contributed by atoms with Gasteiger partial charge in [-0.2, -0.15) is 4.73 Å². The third kappa shape index (κ3) is 4.36. The number of halogens is 2. The molecule has 0 fully saturated rings. The number of aromatic nitrogens is 4. The number of aryl methyl sites for hydroxylation is 2. The number of rotatable bonds is 6. The van der Waals surface area contributed by atoms with Gasteiger partial charge in [0.1, 0.15) is 6.33 Å². The summed E-state index contributed by atoms with van der Waals surface area (Å²) in [6.07, 6.45) is 2.81. The molecule has 0 atom stereocenters. The Morgan fingerprint density at radius 3 is 2.59 bits per heavy atom. The van der Waals surface area contributed by atoms with E-state index >= 15 is 0 Å². The molecule has 0 aliphatic carbocycles. The number of amides is 1. The fraction of sp³-hybridized carbons (Fsp3) is 0.200. The highest BCUT2D eigenvalue weighted by Gasteiger charge is 2.29. The highest BCUT2D eigenvalue weighted by atomic mass is 19.3. The molecule has 2 aromatic heterocycles. The van der Waals surface area contributed by atoms with Crippen molar-refractivity contribution in [2.75, 3.05) is 5.32 Å². The molecule has 0 unspecified atom stereocenters. The zero-order valence-corrected chi connectivity index (χ0v) is 18.9. The van der Waals surface area contributed by atoms with Crippen molar-refractivity contribution >= 4 is 11.6 Å². The van der Waals surface area contributed by atoms with Crippen LogP contribution in [0.25, 0.3) is 22.6 Å². The summed E-state index contributed by atoms with van der Waals surface area (Å²) in [5.41, 5.74) is 3.20. The van der Waals surface area contributed by atoms with E-state index < -0.39 is 11.8 Å². The Hall–Kier alpha value is -4.14. The van der Waals surface area contributed by atoms with Crippen LogP contribution in [-0.4, -0.2) is 30.8 Å². The Bertz CT molecular complexity index is 1370. The Kier molecular flexibility index (Phi) is 6.10. The van der Waals surface area contributed by atoms with E-state index in [0.29, 0.717) is 10.3 Å². The fourth-order valence-corrected chi connectivity index (χ4v) is 3.69. The number of anilines is 1. The van der Waals surface area contributed by atoms with Crippen LogP contribution in [0.5, 0.6) is 0 Å². The topological polar surface area (TPSA) is 92.9 Å². The molecule has 2 heterocycles. The normalized spacial score (nSPS) is 11.4. The predicted molar refractivity (Wildman–Crippen MR) is 124 cm³/mol. The van der Waals surface area contributed by atoms with Crippen molar-refractivity contribution in [3.05, 3.63) is 83.6 Å². The van der Waals surface area contributed by atoms with Gasteiger partial charge >= 0.3 is 0 Å². The van der Waals surface area contributed by atoms with Gasteiger partial charge in [0.25, 0.3) is 11.8 Å². The number of carbonyl (C=O) groups excluding carboxylic acids is 1. The Balaban J connectivity index is 1.65. The summed E-state index contributed by atoms with van der Waals surface area (Å²) in [6.45, 7) is 4.87. The van der Waals surface area contributed by atoms with Crippen molar-refractivity contribution in [2.45, 2.75) is 33.1 Å². The van der Waals surface area contributed by atoms with Crippen LogP contribution in [0.15, 0.2) is 61.1 Å². The highest BCUT2D eigenvalue weighted by molar-refractivity contribution is 6.04. The van der Waals surface area contributed by atoms with Gasteiger partial charge in [0.05, 0.1) is 11.4 Å². The maximum Gasteiger partial charge on any atom is 0.277 e. The Morgan fingerprint density at radius 2 is 1.85 bits per heavy atom. The maximum absolute atomic E-state index is 14.1. The smallest absolute Gasteiger partial charge is 0.277 e. The van der Waals surface area contributed by atoms with Gasteiger partial charge in [-0.25, -0.2) is 23.7 Å². The average Bonchev–Trinajstić information content (AvgIpc) is 3.13. The van der Waals surface area contributed by atoms with Gasteiger partial charge in [-0.15, -0.1) is 0 Å². The molecule has 0 spiro atoms. The highest BCUT2D eigenvalue weighted by Crippen LogP contribution is 2.33. The summed E-state index contributed by atoms with van der Waals surface area (Å²) in [5.74, 6) is -3.50. The zero-order chi connectivity index (χ0) is 24.5. The first kappa shape index (κ1) is 23.0. The molecule has 174 valence electrons. The van der Waals surface area contributed by atoms with E-state index in [2.05, 4.69) is 20.3 Å². The monoisotopic (exact) mass is 463 g/mol. The number of alkyl halides is 2. The summed E-state index contributed by atoms with van der Waals surface area (Å²) in [7, 11) is 0. The van der Waals surface area contributed by atoms with E-state index in [1.807, 2.05) is 19.1 Å². The summed E-state index contributed by atoms with van der Waals surface area (Å²) in [5, 5.41) is 13.4. The van der Waals surface area contributed by atoms with Crippen LogP contribution < -0.4 is 5.32 Å². The number of nitrogens with zero attached hydrogens (tertiary/aromatic N) is 4. The Labute approximate surface area is 195 Å². The molecule has 7 nitrogen and oxygen atoms in total. The van der Waals surface area contributed by atoms with Gasteiger partial charge < -0.3 is 10.5 Å². The SMILES string of the molecule is CCC(F)(F)c1cccc(NC(=O)c2c(C)nc(-c3cccc(-c4ncncc4C)c3)n2O)c1. The Morgan fingerprint density at radius 1 is 1.12 bits per heavy atom. The van der Waals surface area contributed by atoms with Crippen molar-refractivity contribution in [1.29, 1.82) is 0 Å².